The summed E-state index contributed by atoms with van der Waals surface area (Å²) < 4.78 is 0. The van der Waals surface area contributed by atoms with Gasteiger partial charge in [0.15, 0.2) is 0 Å². The van der Waals surface area contributed by atoms with Gasteiger partial charge in [-0.3, -0.25) is 4.79 Å². The molecular weight excluding hydrogens is 212 g/mol. The van der Waals surface area contributed by atoms with E-state index in [2.05, 4.69) is 39.9 Å². The average molecular weight is 240 g/mol. The molecule has 1 aliphatic rings. The Morgan fingerprint density at radius 2 is 1.76 bits per heavy atom. The molecule has 1 rings (SSSR count). The molecule has 1 atom stereocenters. The lowest BCUT2D eigenvalue weighted by atomic mass is 9.48. The summed E-state index contributed by atoms with van der Waals surface area (Å²) >= 11 is 0. The van der Waals surface area contributed by atoms with Crippen molar-refractivity contribution in [3.8, 4) is 0 Å². The molecule has 1 saturated carbocycles. The molecule has 0 aromatic heterocycles. The first-order chi connectivity index (χ1) is 7.65. The van der Waals surface area contributed by atoms with E-state index in [4.69, 9.17) is 5.73 Å². The quantitative estimate of drug-likeness (QED) is 0.792. The molecule has 3 nitrogen and oxygen atoms in total. The van der Waals surface area contributed by atoms with Crippen molar-refractivity contribution in [2.24, 2.45) is 22.5 Å². The molecule has 0 spiro atoms. The first-order valence-corrected chi connectivity index (χ1v) is 6.71. The maximum Gasteiger partial charge on any atom is 0.223 e. The average Bonchev–Trinajstić information content (AvgIpc) is 2.24. The maximum atomic E-state index is 12.1. The van der Waals surface area contributed by atoms with Crippen molar-refractivity contribution in [2.75, 3.05) is 0 Å². The summed E-state index contributed by atoms with van der Waals surface area (Å²) in [7, 11) is 0. The predicted molar refractivity (Wildman–Crippen MR) is 71.5 cm³/mol. The van der Waals surface area contributed by atoms with Crippen molar-refractivity contribution in [3.63, 3.8) is 0 Å². The Morgan fingerprint density at radius 3 is 2.18 bits per heavy atom. The second-order valence-electron chi connectivity index (χ2n) is 6.75. The van der Waals surface area contributed by atoms with E-state index >= 15 is 0 Å². The minimum absolute atomic E-state index is 0.00883. The van der Waals surface area contributed by atoms with Crippen LogP contribution in [0.2, 0.25) is 0 Å². The van der Waals surface area contributed by atoms with E-state index in [1.165, 1.54) is 0 Å². The third-order valence-electron chi connectivity index (χ3n) is 4.55. The van der Waals surface area contributed by atoms with Gasteiger partial charge in [0.2, 0.25) is 5.91 Å². The Hall–Kier alpha value is -0.570. The standard InChI is InChI=1S/C14H28N2O/c1-7-8-9(2)10(17)16-12-13(3,4)11(15)14(12,5)6/h9,11-12H,7-8,15H2,1-6H3,(H,16,17). The molecule has 100 valence electrons. The predicted octanol–water partition coefficient (Wildman–Crippen LogP) is 2.30. The molecule has 1 unspecified atom stereocenters. The Kier molecular flexibility index (Phi) is 3.92. The van der Waals surface area contributed by atoms with Crippen LogP contribution in [0.5, 0.6) is 0 Å². The third-order valence-corrected chi connectivity index (χ3v) is 4.55. The summed E-state index contributed by atoms with van der Waals surface area (Å²) in [5.41, 5.74) is 6.17. The minimum Gasteiger partial charge on any atom is -0.352 e. The SMILES string of the molecule is CCCC(C)C(=O)NC1C(C)(C)C(N)C1(C)C. The Bertz CT molecular complexity index is 281. The van der Waals surface area contributed by atoms with Crippen LogP contribution in [0.4, 0.5) is 0 Å². The first-order valence-electron chi connectivity index (χ1n) is 6.71. The van der Waals surface area contributed by atoms with Crippen molar-refractivity contribution in [1.29, 1.82) is 0 Å². The van der Waals surface area contributed by atoms with E-state index in [-0.39, 0.29) is 34.7 Å². The van der Waals surface area contributed by atoms with Crippen molar-refractivity contribution in [1.82, 2.24) is 5.32 Å². The van der Waals surface area contributed by atoms with Crippen molar-refractivity contribution in [3.05, 3.63) is 0 Å². The fourth-order valence-corrected chi connectivity index (χ4v) is 3.40. The van der Waals surface area contributed by atoms with E-state index < -0.39 is 0 Å². The van der Waals surface area contributed by atoms with Gasteiger partial charge in [0.05, 0.1) is 0 Å². The highest BCUT2D eigenvalue weighted by Gasteiger charge is 2.60. The number of amides is 1. The highest BCUT2D eigenvalue weighted by Crippen LogP contribution is 2.52. The molecule has 0 aromatic carbocycles. The summed E-state index contributed by atoms with van der Waals surface area (Å²) in [4.78, 5) is 12.1. The number of nitrogens with two attached hydrogens (primary N) is 1. The second kappa shape index (κ2) is 4.60. The van der Waals surface area contributed by atoms with E-state index in [0.29, 0.717) is 0 Å². The van der Waals surface area contributed by atoms with E-state index in [9.17, 15) is 4.79 Å². The molecule has 1 fully saturated rings. The number of rotatable bonds is 4. The molecule has 0 aliphatic heterocycles. The van der Waals surface area contributed by atoms with Gasteiger partial charge in [0, 0.05) is 28.8 Å². The van der Waals surface area contributed by atoms with E-state index in [1.807, 2.05) is 6.92 Å². The molecule has 0 radical (unpaired) electrons. The Labute approximate surface area is 106 Å². The summed E-state index contributed by atoms with van der Waals surface area (Å²) in [6, 6.07) is 0.318. The van der Waals surface area contributed by atoms with Crippen LogP contribution in [0.3, 0.4) is 0 Å². The summed E-state index contributed by atoms with van der Waals surface area (Å²) in [6.07, 6.45) is 2.00. The largest absolute Gasteiger partial charge is 0.352 e. The summed E-state index contributed by atoms with van der Waals surface area (Å²) in [5.74, 6) is 0.272. The monoisotopic (exact) mass is 240 g/mol. The van der Waals surface area contributed by atoms with Crippen LogP contribution in [0.1, 0.15) is 54.4 Å². The molecule has 1 amide bonds. The van der Waals surface area contributed by atoms with Gasteiger partial charge in [-0.25, -0.2) is 0 Å². The van der Waals surface area contributed by atoms with Gasteiger partial charge in [-0.1, -0.05) is 48.0 Å². The van der Waals surface area contributed by atoms with Gasteiger partial charge in [-0.15, -0.1) is 0 Å². The van der Waals surface area contributed by atoms with E-state index in [0.717, 1.165) is 12.8 Å². The number of carbonyl (C=O) groups excluding carboxylic acids is 1. The summed E-state index contributed by atoms with van der Waals surface area (Å²) in [6.45, 7) is 12.7. The summed E-state index contributed by atoms with van der Waals surface area (Å²) in [5, 5.41) is 3.19. The van der Waals surface area contributed by atoms with Gasteiger partial charge < -0.3 is 11.1 Å². The zero-order chi connectivity index (χ0) is 13.4. The lowest BCUT2D eigenvalue weighted by molar-refractivity contribution is -0.135. The topological polar surface area (TPSA) is 55.1 Å². The maximum absolute atomic E-state index is 12.1. The van der Waals surface area contributed by atoms with E-state index in [1.54, 1.807) is 0 Å². The fraction of sp³-hybridized carbons (Fsp3) is 0.929. The van der Waals surface area contributed by atoms with Crippen LogP contribution in [-0.4, -0.2) is 18.0 Å². The van der Waals surface area contributed by atoms with Crippen LogP contribution in [0.25, 0.3) is 0 Å². The van der Waals surface area contributed by atoms with Crippen LogP contribution in [0.15, 0.2) is 0 Å². The van der Waals surface area contributed by atoms with Crippen molar-refractivity contribution < 1.29 is 4.79 Å². The molecule has 0 bridgehead atoms. The van der Waals surface area contributed by atoms with Gasteiger partial charge in [0.25, 0.3) is 0 Å². The molecule has 3 heteroatoms. The van der Waals surface area contributed by atoms with Gasteiger partial charge >= 0.3 is 0 Å². The van der Waals surface area contributed by atoms with Crippen LogP contribution in [0, 0.1) is 16.7 Å². The minimum atomic E-state index is -0.00883. The van der Waals surface area contributed by atoms with Crippen LogP contribution < -0.4 is 11.1 Å². The Morgan fingerprint density at radius 1 is 1.29 bits per heavy atom. The number of hydrogen-bond donors (Lipinski definition) is 2. The molecule has 3 N–H and O–H groups in total. The van der Waals surface area contributed by atoms with Crippen molar-refractivity contribution in [2.45, 2.75) is 66.5 Å². The lowest BCUT2D eigenvalue weighted by Gasteiger charge is -2.63. The molecular formula is C14H28N2O. The fourth-order valence-electron chi connectivity index (χ4n) is 3.40. The zero-order valence-electron chi connectivity index (χ0n) is 12.1. The number of carbonyl (C=O) groups is 1. The molecule has 17 heavy (non-hydrogen) atoms. The molecule has 1 aliphatic carbocycles. The highest BCUT2D eigenvalue weighted by molar-refractivity contribution is 5.79. The lowest BCUT2D eigenvalue weighted by Crippen LogP contribution is -2.76. The van der Waals surface area contributed by atoms with Crippen LogP contribution in [-0.2, 0) is 4.79 Å². The van der Waals surface area contributed by atoms with Gasteiger partial charge in [-0.05, 0) is 6.42 Å². The first kappa shape index (κ1) is 14.5. The van der Waals surface area contributed by atoms with Crippen molar-refractivity contribution >= 4 is 5.91 Å². The molecule has 0 saturated heterocycles. The third kappa shape index (κ3) is 2.35. The molecule has 0 heterocycles. The van der Waals surface area contributed by atoms with Gasteiger partial charge in [-0.2, -0.15) is 0 Å². The van der Waals surface area contributed by atoms with Crippen LogP contribution >= 0.6 is 0 Å². The highest BCUT2D eigenvalue weighted by atomic mass is 16.2. The Balaban J connectivity index is 2.66. The zero-order valence-corrected chi connectivity index (χ0v) is 12.1. The van der Waals surface area contributed by atoms with Gasteiger partial charge in [0.1, 0.15) is 0 Å². The number of nitrogens with one attached hydrogen (secondary N) is 1. The normalized spacial score (nSPS) is 31.5. The smallest absolute Gasteiger partial charge is 0.223 e. The number of hydrogen-bond acceptors (Lipinski definition) is 2. The molecule has 0 aromatic rings. The second-order valence-corrected chi connectivity index (χ2v) is 6.75.